The number of hydrogen-bond donors (Lipinski definition) is 2. The largest absolute Gasteiger partial charge is 0.464 e. The van der Waals surface area contributed by atoms with Crippen LogP contribution in [-0.4, -0.2) is 23.0 Å². The number of carbonyl (C=O) groups is 1. The lowest BCUT2D eigenvalue weighted by atomic mass is 9.99. The van der Waals surface area contributed by atoms with Gasteiger partial charge in [-0.1, -0.05) is 13.8 Å². The molecule has 0 saturated heterocycles. The van der Waals surface area contributed by atoms with Gasteiger partial charge in [-0.2, -0.15) is 0 Å². The molecule has 2 aromatic heterocycles. The molecule has 7 heteroatoms. The number of aryl methyl sites for hydroxylation is 1. The van der Waals surface area contributed by atoms with Gasteiger partial charge in [0.05, 0.1) is 13.2 Å². The van der Waals surface area contributed by atoms with Crippen molar-refractivity contribution in [1.82, 2.24) is 9.97 Å². The molecule has 3 rings (SSSR count). The van der Waals surface area contributed by atoms with Gasteiger partial charge < -0.3 is 19.9 Å². The zero-order chi connectivity index (χ0) is 17.4. The number of nitrogens with one attached hydrogen (secondary N) is 1. The highest BCUT2D eigenvalue weighted by Crippen LogP contribution is 2.36. The van der Waals surface area contributed by atoms with E-state index in [4.69, 9.17) is 14.9 Å². The number of aromatic nitrogens is 2. The van der Waals surface area contributed by atoms with Crippen LogP contribution in [0.4, 0.5) is 4.39 Å². The van der Waals surface area contributed by atoms with E-state index in [1.165, 1.54) is 13.2 Å². The van der Waals surface area contributed by atoms with Gasteiger partial charge in [-0.3, -0.25) is 0 Å². The Labute approximate surface area is 138 Å². The van der Waals surface area contributed by atoms with Crippen LogP contribution >= 0.6 is 0 Å². The molecule has 0 spiro atoms. The standard InChI is InChI=1S/C17H20FN3O3/c1-8(2)13(19)16-21-14(17(22)23-3)15(24-16)11-7-20-12-5-4-9(18)6-10(11)12/h6-8,13,20H,4-5,19H2,1-3H3. The van der Waals surface area contributed by atoms with Crippen LogP contribution in [0.15, 0.2) is 16.4 Å². The summed E-state index contributed by atoms with van der Waals surface area (Å²) in [6.07, 6.45) is 4.07. The number of allylic oxidation sites excluding steroid dienone is 1. The topological polar surface area (TPSA) is 94.1 Å². The fourth-order valence-corrected chi connectivity index (χ4v) is 2.69. The first-order chi connectivity index (χ1) is 11.4. The number of methoxy groups -OCH3 is 1. The smallest absolute Gasteiger partial charge is 0.360 e. The van der Waals surface area contributed by atoms with Gasteiger partial charge in [-0.05, 0) is 18.4 Å². The first kappa shape index (κ1) is 16.4. The second-order valence-corrected chi connectivity index (χ2v) is 6.18. The number of fused-ring (bicyclic) bond motifs is 1. The van der Waals surface area contributed by atoms with E-state index in [0.29, 0.717) is 24.0 Å². The van der Waals surface area contributed by atoms with Gasteiger partial charge in [0.2, 0.25) is 5.89 Å². The number of esters is 1. The van der Waals surface area contributed by atoms with E-state index in [1.54, 1.807) is 6.20 Å². The summed E-state index contributed by atoms with van der Waals surface area (Å²) in [7, 11) is 1.27. The molecular formula is C17H20FN3O3. The van der Waals surface area contributed by atoms with Crippen molar-refractivity contribution in [2.45, 2.75) is 32.7 Å². The second-order valence-electron chi connectivity index (χ2n) is 6.18. The van der Waals surface area contributed by atoms with Gasteiger partial charge >= 0.3 is 5.97 Å². The summed E-state index contributed by atoms with van der Waals surface area (Å²) in [4.78, 5) is 19.4. The maximum atomic E-state index is 13.7. The van der Waals surface area contributed by atoms with Crippen LogP contribution in [0, 0.1) is 5.92 Å². The Balaban J connectivity index is 2.14. The van der Waals surface area contributed by atoms with Crippen molar-refractivity contribution >= 4 is 12.0 Å². The van der Waals surface area contributed by atoms with Crippen molar-refractivity contribution in [1.29, 1.82) is 0 Å². The number of nitrogens with two attached hydrogens (primary N) is 1. The molecule has 1 unspecified atom stereocenters. The van der Waals surface area contributed by atoms with Gasteiger partial charge in [-0.25, -0.2) is 14.2 Å². The van der Waals surface area contributed by atoms with Crippen molar-refractivity contribution < 1.29 is 18.3 Å². The summed E-state index contributed by atoms with van der Waals surface area (Å²) in [5.74, 6) is -0.237. The lowest BCUT2D eigenvalue weighted by Crippen LogP contribution is -2.17. The maximum Gasteiger partial charge on any atom is 0.360 e. The molecule has 3 N–H and O–H groups in total. The van der Waals surface area contributed by atoms with Crippen molar-refractivity contribution in [3.05, 3.63) is 34.9 Å². The number of aromatic amines is 1. The Bertz CT molecular complexity index is 804. The SMILES string of the molecule is COC(=O)c1nc(C(N)C(C)C)oc1-c1c[nH]c2c1C=C(F)CC2. The van der Waals surface area contributed by atoms with Gasteiger partial charge in [-0.15, -0.1) is 0 Å². The van der Waals surface area contributed by atoms with E-state index in [0.717, 1.165) is 5.69 Å². The van der Waals surface area contributed by atoms with E-state index in [2.05, 4.69) is 9.97 Å². The number of H-pyrrole nitrogens is 1. The molecule has 0 amide bonds. The molecule has 2 aromatic rings. The Kier molecular flexibility index (Phi) is 4.28. The number of oxazole rings is 1. The predicted molar refractivity (Wildman–Crippen MR) is 86.8 cm³/mol. The molecule has 0 fully saturated rings. The summed E-state index contributed by atoms with van der Waals surface area (Å²) in [6.45, 7) is 3.87. The zero-order valence-electron chi connectivity index (χ0n) is 13.9. The number of ether oxygens (including phenoxy) is 1. The molecule has 0 saturated carbocycles. The monoisotopic (exact) mass is 333 g/mol. The van der Waals surface area contributed by atoms with Crippen LogP contribution in [0.1, 0.15) is 53.9 Å². The minimum atomic E-state index is -0.619. The van der Waals surface area contributed by atoms with E-state index in [1.807, 2.05) is 13.8 Å². The number of nitrogens with zero attached hydrogens (tertiary/aromatic N) is 1. The molecule has 1 aliphatic rings. The van der Waals surface area contributed by atoms with Crippen molar-refractivity contribution in [3.8, 4) is 11.3 Å². The molecule has 1 atom stereocenters. The number of halogens is 1. The molecule has 24 heavy (non-hydrogen) atoms. The lowest BCUT2D eigenvalue weighted by Gasteiger charge is -2.10. The molecule has 1 aliphatic carbocycles. The van der Waals surface area contributed by atoms with Crippen molar-refractivity contribution in [2.75, 3.05) is 7.11 Å². The molecule has 2 heterocycles. The van der Waals surface area contributed by atoms with E-state index in [9.17, 15) is 9.18 Å². The van der Waals surface area contributed by atoms with Crippen LogP contribution in [0.5, 0.6) is 0 Å². The van der Waals surface area contributed by atoms with Crippen LogP contribution < -0.4 is 5.73 Å². The minimum absolute atomic E-state index is 0.0461. The number of rotatable bonds is 4. The van der Waals surface area contributed by atoms with Crippen LogP contribution in [0.2, 0.25) is 0 Å². The molecule has 6 nitrogen and oxygen atoms in total. The van der Waals surface area contributed by atoms with Crippen molar-refractivity contribution in [3.63, 3.8) is 0 Å². The van der Waals surface area contributed by atoms with Gasteiger partial charge in [0.1, 0.15) is 5.83 Å². The first-order valence-electron chi connectivity index (χ1n) is 7.83. The third kappa shape index (κ3) is 2.75. The third-order valence-corrected chi connectivity index (χ3v) is 4.19. The minimum Gasteiger partial charge on any atom is -0.464 e. The van der Waals surface area contributed by atoms with Crippen LogP contribution in [0.3, 0.4) is 0 Å². The quantitative estimate of drug-likeness (QED) is 0.837. The Hall–Kier alpha value is -2.41. The average Bonchev–Trinajstić information content (AvgIpc) is 3.16. The molecule has 0 bridgehead atoms. The predicted octanol–water partition coefficient (Wildman–Crippen LogP) is 3.37. The zero-order valence-corrected chi connectivity index (χ0v) is 13.9. The normalized spacial score (nSPS) is 15.2. The Morgan fingerprint density at radius 2 is 2.21 bits per heavy atom. The summed E-state index contributed by atoms with van der Waals surface area (Å²) >= 11 is 0. The van der Waals surface area contributed by atoms with E-state index >= 15 is 0 Å². The highest BCUT2D eigenvalue weighted by atomic mass is 19.1. The summed E-state index contributed by atoms with van der Waals surface area (Å²) in [6, 6.07) is -0.454. The Morgan fingerprint density at radius 1 is 1.46 bits per heavy atom. The summed E-state index contributed by atoms with van der Waals surface area (Å²) in [5.41, 5.74) is 8.28. The molecular weight excluding hydrogens is 313 g/mol. The summed E-state index contributed by atoms with van der Waals surface area (Å²) in [5, 5.41) is 0. The molecule has 0 radical (unpaired) electrons. The third-order valence-electron chi connectivity index (χ3n) is 4.19. The molecule has 0 aliphatic heterocycles. The van der Waals surface area contributed by atoms with Gasteiger partial charge in [0.15, 0.2) is 11.5 Å². The van der Waals surface area contributed by atoms with Crippen LogP contribution in [0.25, 0.3) is 17.4 Å². The lowest BCUT2D eigenvalue weighted by molar-refractivity contribution is 0.0595. The fraction of sp³-hybridized carbons (Fsp3) is 0.412. The number of carbonyl (C=O) groups excluding carboxylic acids is 1. The Morgan fingerprint density at radius 3 is 2.88 bits per heavy atom. The maximum absolute atomic E-state index is 13.7. The van der Waals surface area contributed by atoms with E-state index in [-0.39, 0.29) is 29.1 Å². The molecule has 128 valence electrons. The fourth-order valence-electron chi connectivity index (χ4n) is 2.69. The molecule has 0 aromatic carbocycles. The highest BCUT2D eigenvalue weighted by molar-refractivity contribution is 5.95. The van der Waals surface area contributed by atoms with Crippen molar-refractivity contribution in [2.24, 2.45) is 11.7 Å². The van der Waals surface area contributed by atoms with Gasteiger partial charge in [0, 0.05) is 29.4 Å². The van der Waals surface area contributed by atoms with Gasteiger partial charge in [0.25, 0.3) is 0 Å². The number of hydrogen-bond acceptors (Lipinski definition) is 5. The summed E-state index contributed by atoms with van der Waals surface area (Å²) < 4.78 is 24.3. The highest BCUT2D eigenvalue weighted by Gasteiger charge is 2.29. The average molecular weight is 333 g/mol. The second kappa shape index (κ2) is 6.24. The van der Waals surface area contributed by atoms with E-state index < -0.39 is 12.0 Å². The van der Waals surface area contributed by atoms with Crippen LogP contribution in [-0.2, 0) is 11.2 Å². The first-order valence-corrected chi connectivity index (χ1v) is 7.83.